The highest BCUT2D eigenvalue weighted by atomic mass is 16.5. The molecular weight excluding hydrogens is 294 g/mol. The molecule has 6 nitrogen and oxygen atoms in total. The molecule has 2 fully saturated rings. The normalized spacial score (nSPS) is 23.4. The summed E-state index contributed by atoms with van der Waals surface area (Å²) >= 11 is 0. The first-order chi connectivity index (χ1) is 11.0. The molecule has 2 saturated heterocycles. The average molecular weight is 319 g/mol. The second kappa shape index (κ2) is 6.35. The summed E-state index contributed by atoms with van der Waals surface area (Å²) in [5, 5.41) is 3.06. The van der Waals surface area contributed by atoms with E-state index in [2.05, 4.69) is 10.3 Å². The van der Waals surface area contributed by atoms with Gasteiger partial charge < -0.3 is 19.9 Å². The fourth-order valence-corrected chi connectivity index (χ4v) is 3.40. The molecule has 1 aromatic heterocycles. The molecule has 0 bridgehead atoms. The molecule has 1 aromatic rings. The quantitative estimate of drug-likeness (QED) is 0.888. The highest BCUT2D eigenvalue weighted by Crippen LogP contribution is 2.36. The summed E-state index contributed by atoms with van der Waals surface area (Å²) < 4.78 is 6.03. The molecule has 2 amide bonds. The summed E-state index contributed by atoms with van der Waals surface area (Å²) in [6.07, 6.45) is 4.26. The maximum absolute atomic E-state index is 12.3. The largest absolute Gasteiger partial charge is 0.373 e. The Kier molecular flexibility index (Phi) is 4.43. The highest BCUT2D eigenvalue weighted by Gasteiger charge is 2.44. The third-order valence-corrected chi connectivity index (χ3v) is 4.87. The molecule has 0 saturated carbocycles. The lowest BCUT2D eigenvalue weighted by Gasteiger charge is -2.38. The van der Waals surface area contributed by atoms with E-state index in [-0.39, 0.29) is 29.4 Å². The van der Waals surface area contributed by atoms with Gasteiger partial charge >= 0.3 is 0 Å². The van der Waals surface area contributed by atoms with E-state index in [1.807, 2.05) is 24.8 Å². The second-order valence-corrected chi connectivity index (χ2v) is 6.93. The molecule has 0 radical (unpaired) electrons. The second-order valence-electron chi connectivity index (χ2n) is 6.93. The predicted octanol–water partition coefficient (Wildman–Crippen LogP) is 1.55. The predicted molar refractivity (Wildman–Crippen MR) is 86.0 cm³/mol. The smallest absolute Gasteiger partial charge is 0.270 e. The van der Waals surface area contributed by atoms with Gasteiger partial charge in [-0.2, -0.15) is 0 Å². The van der Waals surface area contributed by atoms with Crippen LogP contribution in [0, 0.1) is 5.92 Å². The molecule has 1 spiro atoms. The van der Waals surface area contributed by atoms with Gasteiger partial charge in [-0.3, -0.25) is 9.59 Å². The van der Waals surface area contributed by atoms with Crippen LogP contribution < -0.4 is 5.32 Å². The fourth-order valence-electron chi connectivity index (χ4n) is 3.40. The maximum Gasteiger partial charge on any atom is 0.270 e. The molecule has 126 valence electrons. The molecule has 23 heavy (non-hydrogen) atoms. The van der Waals surface area contributed by atoms with Crippen LogP contribution >= 0.6 is 0 Å². The van der Waals surface area contributed by atoms with E-state index in [9.17, 15) is 9.59 Å². The molecule has 2 aliphatic rings. The third-order valence-electron chi connectivity index (χ3n) is 4.87. The maximum atomic E-state index is 12.3. The van der Waals surface area contributed by atoms with Gasteiger partial charge in [-0.15, -0.1) is 0 Å². The zero-order valence-electron chi connectivity index (χ0n) is 13.8. The van der Waals surface area contributed by atoms with Gasteiger partial charge in [0.1, 0.15) is 5.69 Å². The first-order valence-corrected chi connectivity index (χ1v) is 8.36. The zero-order chi connectivity index (χ0) is 16.4. The van der Waals surface area contributed by atoms with Crippen LogP contribution in [0.15, 0.2) is 18.3 Å². The van der Waals surface area contributed by atoms with Crippen molar-refractivity contribution in [2.75, 3.05) is 19.7 Å². The lowest BCUT2D eigenvalue weighted by atomic mass is 9.87. The van der Waals surface area contributed by atoms with Crippen molar-refractivity contribution in [2.45, 2.75) is 44.8 Å². The number of likely N-dealkylation sites (tertiary alicyclic amines) is 1. The van der Waals surface area contributed by atoms with Crippen LogP contribution in [0.25, 0.3) is 0 Å². The van der Waals surface area contributed by atoms with Crippen LogP contribution in [0.1, 0.15) is 43.6 Å². The van der Waals surface area contributed by atoms with Crippen molar-refractivity contribution in [2.24, 2.45) is 5.92 Å². The minimum Gasteiger partial charge on any atom is -0.373 e. The zero-order valence-corrected chi connectivity index (χ0v) is 13.8. The van der Waals surface area contributed by atoms with Gasteiger partial charge in [0.2, 0.25) is 5.91 Å². The van der Waals surface area contributed by atoms with Crippen molar-refractivity contribution >= 4 is 11.8 Å². The SMILES string of the molecule is CC(C)C(=O)N[C@@H]1COC2(CCN(C(=O)c3ccc[nH]3)CC2)C1. The molecule has 0 unspecified atom stereocenters. The monoisotopic (exact) mass is 319 g/mol. The Hall–Kier alpha value is -1.82. The number of aromatic amines is 1. The van der Waals surface area contributed by atoms with Gasteiger partial charge in [0.25, 0.3) is 5.91 Å². The molecular formula is C17H25N3O3. The molecule has 1 atom stereocenters. The van der Waals surface area contributed by atoms with E-state index in [0.717, 1.165) is 19.3 Å². The summed E-state index contributed by atoms with van der Waals surface area (Å²) in [5.41, 5.74) is 0.455. The number of nitrogens with one attached hydrogen (secondary N) is 2. The molecule has 0 aliphatic carbocycles. The third kappa shape index (κ3) is 3.42. The summed E-state index contributed by atoms with van der Waals surface area (Å²) in [7, 11) is 0. The number of rotatable bonds is 3. The van der Waals surface area contributed by atoms with Crippen molar-refractivity contribution in [3.63, 3.8) is 0 Å². The Balaban J connectivity index is 1.53. The van der Waals surface area contributed by atoms with E-state index in [1.165, 1.54) is 0 Å². The lowest BCUT2D eigenvalue weighted by Crippen LogP contribution is -2.47. The van der Waals surface area contributed by atoms with Gasteiger partial charge in [0.05, 0.1) is 18.2 Å². The van der Waals surface area contributed by atoms with Crippen LogP contribution in [0.3, 0.4) is 0 Å². The number of hydrogen-bond acceptors (Lipinski definition) is 3. The van der Waals surface area contributed by atoms with Crippen molar-refractivity contribution in [3.05, 3.63) is 24.0 Å². The number of carbonyl (C=O) groups excluding carboxylic acids is 2. The van der Waals surface area contributed by atoms with Crippen molar-refractivity contribution in [1.82, 2.24) is 15.2 Å². The lowest BCUT2D eigenvalue weighted by molar-refractivity contribution is -0.124. The van der Waals surface area contributed by atoms with Crippen molar-refractivity contribution in [3.8, 4) is 0 Å². The number of ether oxygens (including phenoxy) is 1. The fraction of sp³-hybridized carbons (Fsp3) is 0.647. The minimum absolute atomic E-state index is 0.00758. The van der Waals surface area contributed by atoms with Gasteiger partial charge in [0.15, 0.2) is 0 Å². The number of aromatic nitrogens is 1. The molecule has 6 heteroatoms. The van der Waals surface area contributed by atoms with Gasteiger partial charge in [-0.1, -0.05) is 13.8 Å². The minimum atomic E-state index is -0.179. The molecule has 0 aromatic carbocycles. The number of hydrogen-bond donors (Lipinski definition) is 2. The van der Waals surface area contributed by atoms with Gasteiger partial charge in [0, 0.05) is 25.2 Å². The number of piperidine rings is 1. The summed E-state index contributed by atoms with van der Waals surface area (Å²) in [5.74, 6) is 0.120. The Morgan fingerprint density at radius 1 is 1.39 bits per heavy atom. The highest BCUT2D eigenvalue weighted by molar-refractivity contribution is 5.92. The Labute approximate surface area is 136 Å². The first-order valence-electron chi connectivity index (χ1n) is 8.36. The van der Waals surface area contributed by atoms with Crippen LogP contribution in [0.5, 0.6) is 0 Å². The number of amides is 2. The summed E-state index contributed by atoms with van der Waals surface area (Å²) in [4.78, 5) is 29.0. The van der Waals surface area contributed by atoms with E-state index in [4.69, 9.17) is 4.74 Å². The Morgan fingerprint density at radius 2 is 2.13 bits per heavy atom. The van der Waals surface area contributed by atoms with Crippen LogP contribution in [-0.4, -0.2) is 53.0 Å². The number of H-pyrrole nitrogens is 1. The molecule has 2 aliphatic heterocycles. The van der Waals surface area contributed by atoms with E-state index < -0.39 is 0 Å². The first kappa shape index (κ1) is 16.1. The summed E-state index contributed by atoms with van der Waals surface area (Å²) in [6.45, 7) is 5.76. The van der Waals surface area contributed by atoms with Crippen molar-refractivity contribution < 1.29 is 14.3 Å². The average Bonchev–Trinajstić information content (AvgIpc) is 3.18. The van der Waals surface area contributed by atoms with E-state index >= 15 is 0 Å². The number of nitrogens with zero attached hydrogens (tertiary/aromatic N) is 1. The van der Waals surface area contributed by atoms with Crippen molar-refractivity contribution in [1.29, 1.82) is 0 Å². The molecule has 2 N–H and O–H groups in total. The standard InChI is InChI=1S/C17H25N3O3/c1-12(2)15(21)19-13-10-17(23-11-13)5-8-20(9-6-17)16(22)14-4-3-7-18-14/h3-4,7,12-13,18H,5-6,8-11H2,1-2H3,(H,19,21)/t13-/m0/s1. The Morgan fingerprint density at radius 3 is 2.74 bits per heavy atom. The topological polar surface area (TPSA) is 74.4 Å². The van der Waals surface area contributed by atoms with Gasteiger partial charge in [-0.25, -0.2) is 0 Å². The van der Waals surface area contributed by atoms with Crippen LogP contribution in [0.4, 0.5) is 0 Å². The van der Waals surface area contributed by atoms with Crippen LogP contribution in [-0.2, 0) is 9.53 Å². The molecule has 3 rings (SSSR count). The van der Waals surface area contributed by atoms with Gasteiger partial charge in [-0.05, 0) is 31.4 Å². The summed E-state index contributed by atoms with van der Waals surface area (Å²) in [6, 6.07) is 3.73. The molecule has 3 heterocycles. The number of carbonyl (C=O) groups is 2. The van der Waals surface area contributed by atoms with E-state index in [1.54, 1.807) is 12.3 Å². The Bertz CT molecular complexity index is 560. The van der Waals surface area contributed by atoms with E-state index in [0.29, 0.717) is 25.4 Å². The van der Waals surface area contributed by atoms with Crippen LogP contribution in [0.2, 0.25) is 0 Å².